The average Bonchev–Trinajstić information content (AvgIpc) is 2.66. The number of nitrogens with zero attached hydrogens (tertiary/aromatic N) is 4. The summed E-state index contributed by atoms with van der Waals surface area (Å²) in [5.41, 5.74) is 1.07. The number of non-ortho nitro benzene ring substituents is 1. The molecule has 27 heavy (non-hydrogen) atoms. The van der Waals surface area contributed by atoms with Crippen LogP contribution in [-0.2, 0) is 13.0 Å². The van der Waals surface area contributed by atoms with E-state index in [1.807, 2.05) is 31.3 Å². The zero-order valence-corrected chi connectivity index (χ0v) is 15.8. The summed E-state index contributed by atoms with van der Waals surface area (Å²) in [6.07, 6.45) is 2.50. The Hall–Kier alpha value is -2.77. The van der Waals surface area contributed by atoms with E-state index in [0.29, 0.717) is 18.5 Å². The summed E-state index contributed by atoms with van der Waals surface area (Å²) in [5.74, 6) is 0. The minimum absolute atomic E-state index is 0. The number of hydrogen-bond acceptors (Lipinski definition) is 5. The molecule has 0 spiro atoms. The lowest BCUT2D eigenvalue weighted by atomic mass is 10.1. The summed E-state index contributed by atoms with van der Waals surface area (Å²) in [4.78, 5) is 24.8. The van der Waals surface area contributed by atoms with Crippen LogP contribution in [0.4, 0.5) is 5.69 Å². The Labute approximate surface area is 162 Å². The van der Waals surface area contributed by atoms with Crippen LogP contribution >= 0.6 is 12.4 Å². The summed E-state index contributed by atoms with van der Waals surface area (Å²) in [6.45, 7) is 2.00. The van der Waals surface area contributed by atoms with Crippen molar-refractivity contribution in [3.8, 4) is 0 Å². The number of nitro benzene ring substituents is 1. The molecule has 1 aromatic heterocycles. The number of likely N-dealkylation sites (N-methyl/N-ethyl adjacent to an activating group) is 1. The van der Waals surface area contributed by atoms with Gasteiger partial charge >= 0.3 is 0 Å². The maximum atomic E-state index is 12.4. The fraction of sp³-hybridized carbons (Fsp3) is 0.263. The molecule has 0 aliphatic heterocycles. The number of aromatic nitrogens is 2. The van der Waals surface area contributed by atoms with Gasteiger partial charge < -0.3 is 4.90 Å². The third-order valence-electron chi connectivity index (χ3n) is 4.38. The van der Waals surface area contributed by atoms with Crippen LogP contribution in [0.2, 0.25) is 0 Å². The van der Waals surface area contributed by atoms with E-state index in [2.05, 4.69) is 10.00 Å². The first-order valence-electron chi connectivity index (χ1n) is 8.41. The van der Waals surface area contributed by atoms with E-state index in [-0.39, 0.29) is 23.7 Å². The van der Waals surface area contributed by atoms with Crippen molar-refractivity contribution >= 4 is 28.9 Å². The molecule has 0 aliphatic rings. The van der Waals surface area contributed by atoms with Crippen molar-refractivity contribution in [3.05, 3.63) is 80.8 Å². The highest BCUT2D eigenvalue weighted by atomic mass is 35.5. The molecule has 0 atom stereocenters. The Morgan fingerprint density at radius 1 is 1.11 bits per heavy atom. The smallest absolute Gasteiger partial charge is 0.274 e. The van der Waals surface area contributed by atoms with Gasteiger partial charge in [-0.3, -0.25) is 14.9 Å². The van der Waals surface area contributed by atoms with E-state index in [1.54, 1.807) is 18.3 Å². The molecule has 0 bridgehead atoms. The minimum atomic E-state index is -0.399. The second kappa shape index (κ2) is 9.25. The topological polar surface area (TPSA) is 81.3 Å². The van der Waals surface area contributed by atoms with Crippen molar-refractivity contribution in [2.45, 2.75) is 13.0 Å². The molecular formula is C19H21ClN4O3. The van der Waals surface area contributed by atoms with Gasteiger partial charge in [-0.25, -0.2) is 4.68 Å². The van der Waals surface area contributed by atoms with Crippen LogP contribution in [0.1, 0.15) is 5.56 Å². The van der Waals surface area contributed by atoms with Gasteiger partial charge in [0.15, 0.2) is 0 Å². The van der Waals surface area contributed by atoms with E-state index >= 15 is 0 Å². The zero-order chi connectivity index (χ0) is 18.5. The molecule has 0 fully saturated rings. The normalized spacial score (nSPS) is 10.7. The van der Waals surface area contributed by atoms with Gasteiger partial charge in [-0.2, -0.15) is 5.10 Å². The van der Waals surface area contributed by atoms with Crippen LogP contribution < -0.4 is 5.56 Å². The summed E-state index contributed by atoms with van der Waals surface area (Å²) in [6, 6.07) is 14.0. The van der Waals surface area contributed by atoms with Gasteiger partial charge in [-0.05, 0) is 25.1 Å². The molecule has 8 heteroatoms. The van der Waals surface area contributed by atoms with Crippen molar-refractivity contribution in [1.29, 1.82) is 0 Å². The van der Waals surface area contributed by atoms with Crippen molar-refractivity contribution in [2.24, 2.45) is 0 Å². The number of fused-ring (bicyclic) bond motifs is 1. The van der Waals surface area contributed by atoms with Gasteiger partial charge in [0, 0.05) is 30.6 Å². The highest BCUT2D eigenvalue weighted by molar-refractivity contribution is 5.85. The van der Waals surface area contributed by atoms with Gasteiger partial charge in [0.2, 0.25) is 0 Å². The zero-order valence-electron chi connectivity index (χ0n) is 14.9. The number of hydrogen-bond donors (Lipinski definition) is 0. The highest BCUT2D eigenvalue weighted by Gasteiger charge is 2.07. The molecule has 0 aliphatic carbocycles. The molecular weight excluding hydrogens is 368 g/mol. The SMILES string of the molecule is CN(CCc1ccc([N+](=O)[O-])cc1)CCn1ncc2ccccc2c1=O.Cl. The van der Waals surface area contributed by atoms with Gasteiger partial charge in [0.25, 0.3) is 11.2 Å². The van der Waals surface area contributed by atoms with E-state index in [1.165, 1.54) is 16.8 Å². The van der Waals surface area contributed by atoms with E-state index in [0.717, 1.165) is 23.9 Å². The number of rotatable bonds is 7. The molecule has 0 unspecified atom stereocenters. The van der Waals surface area contributed by atoms with Gasteiger partial charge in [-0.15, -0.1) is 12.4 Å². The number of benzene rings is 2. The standard InChI is InChI=1S/C19H20N4O3.ClH/c1-21(11-10-15-6-8-17(9-7-15)23(25)26)12-13-22-19(24)18-5-3-2-4-16(18)14-20-22;/h2-9,14H,10-13H2,1H3;1H. The lowest BCUT2D eigenvalue weighted by Gasteiger charge is -2.17. The molecule has 0 saturated heterocycles. The number of halogens is 1. The molecule has 7 nitrogen and oxygen atoms in total. The molecule has 2 aromatic carbocycles. The Balaban J connectivity index is 0.00000261. The molecule has 142 valence electrons. The van der Waals surface area contributed by atoms with Gasteiger partial charge in [0.1, 0.15) is 0 Å². The van der Waals surface area contributed by atoms with Crippen LogP contribution in [0.15, 0.2) is 59.5 Å². The lowest BCUT2D eigenvalue weighted by Crippen LogP contribution is -2.31. The van der Waals surface area contributed by atoms with E-state index < -0.39 is 4.92 Å². The first-order valence-corrected chi connectivity index (χ1v) is 8.41. The summed E-state index contributed by atoms with van der Waals surface area (Å²) >= 11 is 0. The van der Waals surface area contributed by atoms with Crippen LogP contribution in [0.5, 0.6) is 0 Å². The fourth-order valence-electron chi connectivity index (χ4n) is 2.77. The Morgan fingerprint density at radius 3 is 2.52 bits per heavy atom. The highest BCUT2D eigenvalue weighted by Crippen LogP contribution is 2.12. The van der Waals surface area contributed by atoms with E-state index in [4.69, 9.17) is 0 Å². The Morgan fingerprint density at radius 2 is 1.81 bits per heavy atom. The fourth-order valence-corrected chi connectivity index (χ4v) is 2.77. The summed E-state index contributed by atoms with van der Waals surface area (Å²) in [5, 5.41) is 16.4. The Kier molecular flexibility index (Phi) is 7.04. The van der Waals surface area contributed by atoms with Gasteiger partial charge in [0.05, 0.1) is 23.1 Å². The predicted molar refractivity (Wildman–Crippen MR) is 108 cm³/mol. The molecule has 0 saturated carbocycles. The molecule has 3 aromatic rings. The summed E-state index contributed by atoms with van der Waals surface area (Å²) in [7, 11) is 1.98. The first kappa shape index (κ1) is 20.5. The van der Waals surface area contributed by atoms with Crippen molar-refractivity contribution in [3.63, 3.8) is 0 Å². The second-order valence-electron chi connectivity index (χ2n) is 6.24. The van der Waals surface area contributed by atoms with Crippen molar-refractivity contribution in [1.82, 2.24) is 14.7 Å². The van der Waals surface area contributed by atoms with E-state index in [9.17, 15) is 14.9 Å². The molecule has 3 rings (SSSR count). The monoisotopic (exact) mass is 388 g/mol. The third-order valence-corrected chi connectivity index (χ3v) is 4.38. The quantitative estimate of drug-likeness (QED) is 0.459. The minimum Gasteiger partial charge on any atom is -0.304 e. The number of nitro groups is 1. The van der Waals surface area contributed by atoms with Crippen LogP contribution in [-0.4, -0.2) is 39.7 Å². The maximum Gasteiger partial charge on any atom is 0.274 e. The molecule has 0 radical (unpaired) electrons. The van der Waals surface area contributed by atoms with Crippen LogP contribution in [0.3, 0.4) is 0 Å². The molecule has 0 amide bonds. The Bertz CT molecular complexity index is 973. The average molecular weight is 389 g/mol. The van der Waals surface area contributed by atoms with Crippen molar-refractivity contribution in [2.75, 3.05) is 20.1 Å². The molecule has 0 N–H and O–H groups in total. The van der Waals surface area contributed by atoms with Crippen molar-refractivity contribution < 1.29 is 4.92 Å². The maximum absolute atomic E-state index is 12.4. The third kappa shape index (κ3) is 5.12. The molecule has 1 heterocycles. The lowest BCUT2D eigenvalue weighted by molar-refractivity contribution is -0.384. The largest absolute Gasteiger partial charge is 0.304 e. The van der Waals surface area contributed by atoms with Crippen LogP contribution in [0, 0.1) is 10.1 Å². The second-order valence-corrected chi connectivity index (χ2v) is 6.24. The van der Waals surface area contributed by atoms with Gasteiger partial charge in [-0.1, -0.05) is 30.3 Å². The predicted octanol–water partition coefficient (Wildman–Crippen LogP) is 2.90. The van der Waals surface area contributed by atoms with Crippen LogP contribution in [0.25, 0.3) is 10.8 Å². The first-order chi connectivity index (χ1) is 12.5. The summed E-state index contributed by atoms with van der Waals surface area (Å²) < 4.78 is 1.49.